The summed E-state index contributed by atoms with van der Waals surface area (Å²) in [4.78, 5) is 45.6. The zero-order chi connectivity index (χ0) is 31.8. The molecule has 0 aliphatic carbocycles. The molecule has 7 heterocycles. The molecule has 4 aromatic heterocycles. The monoisotopic (exact) mass is 689 g/mol. The number of H-pyrrole nitrogens is 1. The number of hydrogen-bond acceptors (Lipinski definition) is 18. The van der Waals surface area contributed by atoms with Crippen LogP contribution in [0.2, 0.25) is 0 Å². The second kappa shape index (κ2) is 10.9. The number of aromatic nitrogens is 8. The maximum absolute atomic E-state index is 13.1. The third kappa shape index (κ3) is 5.37. The average Bonchev–Trinajstić information content (AvgIpc) is 3.72. The maximum Gasteiger partial charge on any atom is 0.336 e. The van der Waals surface area contributed by atoms with Crippen molar-refractivity contribution in [2.75, 3.05) is 24.6 Å². The van der Waals surface area contributed by atoms with Crippen LogP contribution in [0.1, 0.15) is 12.5 Å². The number of anilines is 2. The first-order valence-corrected chi connectivity index (χ1v) is 17.0. The maximum atomic E-state index is 13.1. The summed E-state index contributed by atoms with van der Waals surface area (Å²) in [5.41, 5.74) is 11.1. The quantitative estimate of drug-likeness (QED) is 0.100. The fraction of sp³-hybridized carbons (Fsp3) is 0.500. The van der Waals surface area contributed by atoms with E-state index in [-0.39, 0.29) is 34.1 Å². The Kier molecular flexibility index (Phi) is 7.38. The molecule has 3 aliphatic rings. The Morgan fingerprint density at radius 1 is 0.978 bits per heavy atom. The van der Waals surface area contributed by atoms with E-state index < -0.39 is 84.8 Å². The Labute approximate surface area is 255 Å². The molecule has 0 aromatic carbocycles. The summed E-state index contributed by atoms with van der Waals surface area (Å²) in [6.07, 6.45) is -7.95. The molecule has 45 heavy (non-hydrogen) atoms. The van der Waals surface area contributed by atoms with Crippen LogP contribution in [0.4, 0.5) is 11.8 Å². The third-order valence-corrected chi connectivity index (χ3v) is 9.92. The van der Waals surface area contributed by atoms with E-state index in [0.717, 1.165) is 6.33 Å². The number of nitrogens with two attached hydrogens (primary N) is 2. The Morgan fingerprint density at radius 2 is 1.64 bits per heavy atom. The highest BCUT2D eigenvalue weighted by atomic mass is 32.5. The van der Waals surface area contributed by atoms with Crippen LogP contribution in [0, 0.1) is 0 Å². The van der Waals surface area contributed by atoms with Gasteiger partial charge in [0.15, 0.2) is 35.1 Å². The topological polar surface area (TPSA) is 312 Å². The van der Waals surface area contributed by atoms with E-state index in [1.807, 2.05) is 0 Å². The first-order chi connectivity index (χ1) is 21.3. The predicted octanol–water partition coefficient (Wildman–Crippen LogP) is -3.51. The van der Waals surface area contributed by atoms with Crippen LogP contribution in [0.15, 0.2) is 23.8 Å². The number of imidazole rings is 2. The van der Waals surface area contributed by atoms with E-state index in [1.54, 1.807) is 0 Å². The van der Waals surface area contributed by atoms with Crippen molar-refractivity contribution in [3.8, 4) is 0 Å². The highest BCUT2D eigenvalue weighted by molar-refractivity contribution is 8.07. The van der Waals surface area contributed by atoms with Crippen LogP contribution in [0.25, 0.3) is 22.3 Å². The normalized spacial score (nSPS) is 35.5. The average molecular weight is 690 g/mol. The molecule has 3 aliphatic heterocycles. The zero-order valence-electron chi connectivity index (χ0n) is 22.4. The molecule has 25 heteroatoms. The van der Waals surface area contributed by atoms with Crippen LogP contribution in [0.3, 0.4) is 0 Å². The number of nitrogens with one attached hydrogen (secondary N) is 2. The molecule has 3 saturated heterocycles. The van der Waals surface area contributed by atoms with Gasteiger partial charge in [0.25, 0.3) is 5.56 Å². The van der Waals surface area contributed by atoms with Crippen LogP contribution in [-0.4, -0.2) is 112 Å². The van der Waals surface area contributed by atoms with E-state index >= 15 is 0 Å². The molecule has 0 spiro atoms. The number of rotatable bonds is 2. The largest absolute Gasteiger partial charge is 0.386 e. The number of aliphatic hydroxyl groups excluding tert-OH is 2. The van der Waals surface area contributed by atoms with Gasteiger partial charge in [-0.1, -0.05) is 0 Å². The molecule has 3 fully saturated rings. The van der Waals surface area contributed by atoms with Gasteiger partial charge in [0.2, 0.25) is 5.95 Å². The number of hydrogen-bond donors (Lipinski definition) is 7. The minimum Gasteiger partial charge on any atom is -0.386 e. The molecule has 1 unspecified atom stereocenters. The summed E-state index contributed by atoms with van der Waals surface area (Å²) < 4.78 is 59.1. The van der Waals surface area contributed by atoms with E-state index in [9.17, 15) is 28.3 Å². The van der Waals surface area contributed by atoms with E-state index in [4.69, 9.17) is 46.0 Å². The predicted molar refractivity (Wildman–Crippen MR) is 151 cm³/mol. The van der Waals surface area contributed by atoms with Gasteiger partial charge in [-0.05, 0) is 11.8 Å². The lowest BCUT2D eigenvalue weighted by Gasteiger charge is -2.28. The Morgan fingerprint density at radius 3 is 2.40 bits per heavy atom. The summed E-state index contributed by atoms with van der Waals surface area (Å²) in [5.74, 6) is -0.167. The summed E-state index contributed by atoms with van der Waals surface area (Å²) >= 11 is 5.19. The lowest BCUT2D eigenvalue weighted by molar-refractivity contribution is -0.0514. The molecule has 0 saturated carbocycles. The van der Waals surface area contributed by atoms with Gasteiger partial charge in [0.1, 0.15) is 48.5 Å². The lowest BCUT2D eigenvalue weighted by atomic mass is 10.1. The lowest BCUT2D eigenvalue weighted by Crippen LogP contribution is -2.46. The smallest absolute Gasteiger partial charge is 0.336 e. The molecule has 242 valence electrons. The molecular weight excluding hydrogens is 665 g/mol. The van der Waals surface area contributed by atoms with Crippen LogP contribution in [-0.2, 0) is 44.8 Å². The van der Waals surface area contributed by atoms with Gasteiger partial charge in [0.05, 0.1) is 19.3 Å². The Bertz CT molecular complexity index is 2010. The van der Waals surface area contributed by atoms with E-state index in [1.165, 1.54) is 21.8 Å². The summed E-state index contributed by atoms with van der Waals surface area (Å²) in [6, 6.07) is 0. The Hall–Kier alpha value is -3.26. The van der Waals surface area contributed by atoms with Crippen LogP contribution < -0.4 is 21.7 Å². The van der Waals surface area contributed by atoms with Crippen LogP contribution >= 0.6 is 6.72 Å². The van der Waals surface area contributed by atoms with Crippen molar-refractivity contribution in [2.24, 2.45) is 0 Å². The molecule has 0 radical (unpaired) electrons. The summed E-state index contributed by atoms with van der Waals surface area (Å²) in [5, 5.41) is 22.4. The van der Waals surface area contributed by atoms with Crippen molar-refractivity contribution in [3.63, 3.8) is 0 Å². The van der Waals surface area contributed by atoms with Gasteiger partial charge in [-0.15, -0.1) is 0 Å². The van der Waals surface area contributed by atoms with E-state index in [2.05, 4.69) is 34.6 Å². The van der Waals surface area contributed by atoms with Crippen molar-refractivity contribution in [1.29, 1.82) is 0 Å². The highest BCUT2D eigenvalue weighted by Crippen LogP contribution is 2.50. The SMILES string of the molecule is Nc1nc2c(ncn2[C@@H]2O[C@@H]3COP(O)(=S)O[C@H]4[C@@H](O)[C@H](n5cnc6c(N)ncnc65)O[C@@H]4CNS(=O)(=O)O[C@H]3[C@H]2O)c(=O)[nH]1. The van der Waals surface area contributed by atoms with Gasteiger partial charge >= 0.3 is 17.0 Å². The minimum atomic E-state index is -4.66. The number of aromatic amines is 1. The van der Waals surface area contributed by atoms with Crippen molar-refractivity contribution in [3.05, 3.63) is 29.3 Å². The third-order valence-electron chi connectivity index (χ3n) is 7.36. The molecule has 9 N–H and O–H groups in total. The number of ether oxygens (including phenoxy) is 2. The molecule has 9 atom stereocenters. The number of nitrogens with zero attached hydrogens (tertiary/aromatic N) is 7. The summed E-state index contributed by atoms with van der Waals surface area (Å²) in [6.45, 7) is -5.38. The zero-order valence-corrected chi connectivity index (χ0v) is 24.9. The van der Waals surface area contributed by atoms with Crippen LogP contribution in [0.5, 0.6) is 0 Å². The second-order valence-corrected chi connectivity index (χ2v) is 14.3. The number of fused-ring (bicyclic) bond motifs is 4. The molecule has 4 aromatic rings. The molecule has 0 bridgehead atoms. The van der Waals surface area contributed by atoms with Gasteiger partial charge < -0.3 is 40.6 Å². The van der Waals surface area contributed by atoms with Crippen molar-refractivity contribution in [2.45, 2.75) is 49.1 Å². The Balaban J connectivity index is 1.17. The molecule has 7 rings (SSSR count). The van der Waals surface area contributed by atoms with Gasteiger partial charge in [-0.2, -0.15) is 18.1 Å². The fourth-order valence-electron chi connectivity index (χ4n) is 5.35. The molecular formula is C20H24N11O11PS2. The number of aliphatic hydroxyl groups is 2. The summed E-state index contributed by atoms with van der Waals surface area (Å²) in [7, 11) is -4.66. The van der Waals surface area contributed by atoms with Crippen molar-refractivity contribution < 1.29 is 46.2 Å². The fourth-order valence-corrected chi connectivity index (χ4v) is 7.76. The first kappa shape index (κ1) is 30.4. The molecule has 0 amide bonds. The highest BCUT2D eigenvalue weighted by Gasteiger charge is 2.52. The number of nitrogen functional groups attached to an aromatic ring is 2. The van der Waals surface area contributed by atoms with E-state index in [0.29, 0.717) is 0 Å². The molecule has 22 nitrogen and oxygen atoms in total. The minimum absolute atomic E-state index is 0.0662. The van der Waals surface area contributed by atoms with Gasteiger partial charge in [0, 0.05) is 6.54 Å². The van der Waals surface area contributed by atoms with Crippen molar-refractivity contribution in [1.82, 2.24) is 43.8 Å². The standard InChI is InChI=1S/C20H24N11O11PS2/c21-14-8-15(24-3-23-14)30(4-25-8)18-10(32)12-6(39-18)1-27-45(36,37)42-13-7(2-38-43(35,44)41-12)40-19(11(13)33)31-5-26-9-16(31)28-20(22)29-17(9)34/h3-7,10-13,18-19,27,32-33H,1-2H2,(H,35,44)(H2,21,23,24)(H3,22,28,29,34)/t6-,7-,10-,11-,12-,13-,18-,19-,43?/m1/s1. The van der Waals surface area contributed by atoms with Crippen molar-refractivity contribution >= 4 is 62.9 Å². The van der Waals surface area contributed by atoms with Gasteiger partial charge in [-0.25, -0.2) is 24.1 Å². The first-order valence-electron chi connectivity index (χ1n) is 13.0. The van der Waals surface area contributed by atoms with Gasteiger partial charge in [-0.3, -0.25) is 23.4 Å². The second-order valence-electron chi connectivity index (χ2n) is 10.2.